The Morgan fingerprint density at radius 1 is 1.17 bits per heavy atom. The normalized spacial score (nSPS) is 12.2. The topological polar surface area (TPSA) is 42.4 Å². The van der Waals surface area contributed by atoms with Gasteiger partial charge in [0.1, 0.15) is 11.9 Å². The minimum atomic E-state index is -0.698. The van der Waals surface area contributed by atoms with Gasteiger partial charge in [0.15, 0.2) is 0 Å². The van der Waals surface area contributed by atoms with E-state index >= 15 is 0 Å². The van der Waals surface area contributed by atoms with Crippen LogP contribution in [0.2, 0.25) is 0 Å². The van der Waals surface area contributed by atoms with Gasteiger partial charge >= 0.3 is 0 Å². The van der Waals surface area contributed by atoms with Crippen LogP contribution in [0.3, 0.4) is 0 Å². The molecule has 3 heteroatoms. The van der Waals surface area contributed by atoms with Gasteiger partial charge in [-0.15, -0.1) is 0 Å². The Labute approximate surface area is 107 Å². The van der Waals surface area contributed by atoms with Gasteiger partial charge in [0, 0.05) is 6.20 Å². The maximum absolute atomic E-state index is 10.3. The molecule has 0 radical (unpaired) electrons. The van der Waals surface area contributed by atoms with Crippen molar-refractivity contribution in [1.82, 2.24) is 4.98 Å². The van der Waals surface area contributed by atoms with Crippen LogP contribution in [-0.2, 0) is 0 Å². The third-order valence-corrected chi connectivity index (χ3v) is 2.95. The lowest BCUT2D eigenvalue weighted by Crippen LogP contribution is -2.05. The van der Waals surface area contributed by atoms with E-state index in [-0.39, 0.29) is 0 Å². The van der Waals surface area contributed by atoms with Crippen LogP contribution in [-0.4, -0.2) is 17.2 Å². The molecule has 0 bridgehead atoms. The highest BCUT2D eigenvalue weighted by molar-refractivity contribution is 5.35. The Kier molecular flexibility index (Phi) is 3.63. The molecule has 0 saturated carbocycles. The van der Waals surface area contributed by atoms with Gasteiger partial charge in [0.05, 0.1) is 12.8 Å². The number of aliphatic hydroxyl groups excluding tert-OH is 1. The van der Waals surface area contributed by atoms with E-state index < -0.39 is 6.10 Å². The summed E-state index contributed by atoms with van der Waals surface area (Å²) in [6.45, 7) is 3.95. The summed E-state index contributed by atoms with van der Waals surface area (Å²) in [6, 6.07) is 9.40. The Bertz CT molecular complexity index is 535. The first-order valence-electron chi connectivity index (χ1n) is 5.87. The Balaban J connectivity index is 2.31. The van der Waals surface area contributed by atoms with Gasteiger partial charge in [-0.3, -0.25) is 4.98 Å². The van der Waals surface area contributed by atoms with E-state index in [1.54, 1.807) is 13.3 Å². The summed E-state index contributed by atoms with van der Waals surface area (Å²) >= 11 is 0. The predicted octanol–water partition coefficient (Wildman–Crippen LogP) is 2.79. The smallest absolute Gasteiger partial charge is 0.121 e. The summed E-state index contributed by atoms with van der Waals surface area (Å²) in [5, 5.41) is 10.3. The molecule has 94 valence electrons. The van der Waals surface area contributed by atoms with Gasteiger partial charge < -0.3 is 9.84 Å². The molecule has 2 aromatic rings. The van der Waals surface area contributed by atoms with Gasteiger partial charge in [-0.25, -0.2) is 0 Å². The molecule has 0 saturated heterocycles. The van der Waals surface area contributed by atoms with Gasteiger partial charge in [-0.2, -0.15) is 0 Å². The molecule has 1 N–H and O–H groups in total. The van der Waals surface area contributed by atoms with Gasteiger partial charge in [-0.05, 0) is 42.7 Å². The molecule has 18 heavy (non-hydrogen) atoms. The highest BCUT2D eigenvalue weighted by Crippen LogP contribution is 2.24. The lowest BCUT2D eigenvalue weighted by molar-refractivity contribution is 0.214. The average molecular weight is 243 g/mol. The van der Waals surface area contributed by atoms with E-state index in [1.165, 1.54) is 0 Å². The Hall–Kier alpha value is -1.87. The summed E-state index contributed by atoms with van der Waals surface area (Å²) in [7, 11) is 1.62. The monoisotopic (exact) mass is 243 g/mol. The first-order valence-corrected chi connectivity index (χ1v) is 5.87. The molecule has 0 aliphatic rings. The number of benzene rings is 1. The van der Waals surface area contributed by atoms with E-state index in [0.29, 0.717) is 5.69 Å². The van der Waals surface area contributed by atoms with Gasteiger partial charge in [0.2, 0.25) is 0 Å². The summed E-state index contributed by atoms with van der Waals surface area (Å²) in [5.41, 5.74) is 3.61. The molecule has 1 heterocycles. The van der Waals surface area contributed by atoms with Crippen LogP contribution in [0.25, 0.3) is 0 Å². The second-order valence-corrected chi connectivity index (χ2v) is 4.39. The molecule has 1 aromatic heterocycles. The number of pyridine rings is 1. The van der Waals surface area contributed by atoms with Crippen molar-refractivity contribution in [2.45, 2.75) is 20.0 Å². The first kappa shape index (κ1) is 12.6. The number of methoxy groups -OCH3 is 1. The Morgan fingerprint density at radius 2 is 1.83 bits per heavy atom. The van der Waals surface area contributed by atoms with Gasteiger partial charge in [-0.1, -0.05) is 18.2 Å². The zero-order valence-electron chi connectivity index (χ0n) is 10.8. The molecular formula is C15H17NO2. The standard InChI is InChI=1S/C15H17NO2/c1-10-8-11(2)14(16-9-10)15(17)12-4-6-13(18-3)7-5-12/h4-9,15,17H,1-3H3. The molecule has 1 unspecified atom stereocenters. The second-order valence-electron chi connectivity index (χ2n) is 4.39. The minimum absolute atomic E-state index is 0.698. The van der Waals surface area contributed by atoms with Crippen LogP contribution in [0.1, 0.15) is 28.5 Å². The predicted molar refractivity (Wildman–Crippen MR) is 70.8 cm³/mol. The number of hydrogen-bond acceptors (Lipinski definition) is 3. The largest absolute Gasteiger partial charge is 0.497 e. The third kappa shape index (κ3) is 2.51. The fourth-order valence-electron chi connectivity index (χ4n) is 1.96. The second kappa shape index (κ2) is 5.19. The Morgan fingerprint density at radius 3 is 2.39 bits per heavy atom. The summed E-state index contributed by atoms with van der Waals surface area (Å²) in [6.07, 6.45) is 1.08. The maximum Gasteiger partial charge on any atom is 0.121 e. The van der Waals surface area contributed by atoms with Crippen LogP contribution in [0.5, 0.6) is 5.75 Å². The summed E-state index contributed by atoms with van der Waals surface area (Å²) in [5.74, 6) is 0.777. The van der Waals surface area contributed by atoms with E-state index in [4.69, 9.17) is 4.74 Å². The van der Waals surface area contributed by atoms with Crippen molar-refractivity contribution in [3.05, 3.63) is 58.9 Å². The lowest BCUT2D eigenvalue weighted by atomic mass is 10.0. The molecule has 0 amide bonds. The van der Waals surface area contributed by atoms with Crippen LogP contribution < -0.4 is 4.74 Å². The molecular weight excluding hydrogens is 226 g/mol. The molecule has 0 fully saturated rings. The van der Waals surface area contributed by atoms with Crippen molar-refractivity contribution in [1.29, 1.82) is 0 Å². The van der Waals surface area contributed by atoms with Gasteiger partial charge in [0.25, 0.3) is 0 Å². The zero-order chi connectivity index (χ0) is 13.1. The van der Waals surface area contributed by atoms with Crippen LogP contribution in [0.15, 0.2) is 36.5 Å². The van der Waals surface area contributed by atoms with Crippen LogP contribution >= 0.6 is 0 Å². The van der Waals surface area contributed by atoms with Crippen LogP contribution in [0, 0.1) is 13.8 Å². The number of ether oxygens (including phenoxy) is 1. The van der Waals surface area contributed by atoms with E-state index in [2.05, 4.69) is 4.98 Å². The number of aliphatic hydroxyl groups is 1. The molecule has 0 spiro atoms. The molecule has 2 rings (SSSR count). The molecule has 3 nitrogen and oxygen atoms in total. The van der Waals surface area contributed by atoms with E-state index in [1.807, 2.05) is 44.2 Å². The van der Waals surface area contributed by atoms with E-state index in [0.717, 1.165) is 22.4 Å². The summed E-state index contributed by atoms with van der Waals surface area (Å²) < 4.78 is 5.10. The van der Waals surface area contributed by atoms with Crippen LogP contribution in [0.4, 0.5) is 0 Å². The van der Waals surface area contributed by atoms with Crippen molar-refractivity contribution < 1.29 is 9.84 Å². The molecule has 0 aliphatic heterocycles. The highest BCUT2D eigenvalue weighted by atomic mass is 16.5. The molecule has 1 aromatic carbocycles. The number of nitrogens with zero attached hydrogens (tertiary/aromatic N) is 1. The van der Waals surface area contributed by atoms with Crippen molar-refractivity contribution >= 4 is 0 Å². The zero-order valence-corrected chi connectivity index (χ0v) is 10.8. The lowest BCUT2D eigenvalue weighted by Gasteiger charge is -2.14. The van der Waals surface area contributed by atoms with Crippen molar-refractivity contribution in [3.8, 4) is 5.75 Å². The average Bonchev–Trinajstić information content (AvgIpc) is 2.38. The van der Waals surface area contributed by atoms with E-state index in [9.17, 15) is 5.11 Å². The number of aromatic nitrogens is 1. The third-order valence-electron chi connectivity index (χ3n) is 2.95. The SMILES string of the molecule is COc1ccc(C(O)c2ncc(C)cc2C)cc1. The molecule has 1 atom stereocenters. The van der Waals surface area contributed by atoms with Crippen molar-refractivity contribution in [2.24, 2.45) is 0 Å². The minimum Gasteiger partial charge on any atom is -0.497 e. The number of rotatable bonds is 3. The summed E-state index contributed by atoms with van der Waals surface area (Å²) in [4.78, 5) is 4.32. The maximum atomic E-state index is 10.3. The van der Waals surface area contributed by atoms with Crippen molar-refractivity contribution in [3.63, 3.8) is 0 Å². The first-order chi connectivity index (χ1) is 8.61. The van der Waals surface area contributed by atoms with Crippen molar-refractivity contribution in [2.75, 3.05) is 7.11 Å². The molecule has 0 aliphatic carbocycles. The fraction of sp³-hybridized carbons (Fsp3) is 0.267. The quantitative estimate of drug-likeness (QED) is 0.901. The number of hydrogen-bond donors (Lipinski definition) is 1. The fourth-order valence-corrected chi connectivity index (χ4v) is 1.96. The highest BCUT2D eigenvalue weighted by Gasteiger charge is 2.14. The number of aryl methyl sites for hydroxylation is 2.